The van der Waals surface area contributed by atoms with E-state index in [1.165, 1.54) is 41.1 Å². The number of rotatable bonds is 6. The Balaban J connectivity index is 2.18. The normalized spacial score (nSPS) is 12.8. The molecule has 4 N–H and O–H groups in total. The van der Waals surface area contributed by atoms with Crippen molar-refractivity contribution in [3.8, 4) is 23.7 Å². The van der Waals surface area contributed by atoms with Crippen LogP contribution in [0.5, 0.6) is 0 Å². The Hall–Kier alpha value is -3.73. The summed E-state index contributed by atoms with van der Waals surface area (Å²) in [5.74, 6) is 8.03. The quantitative estimate of drug-likeness (QED) is 0.301. The fraction of sp³-hybridized carbons (Fsp3) is 0.227. The van der Waals surface area contributed by atoms with Crippen LogP contribution in [0.1, 0.15) is 35.3 Å². The third-order valence-corrected chi connectivity index (χ3v) is 4.97. The van der Waals surface area contributed by atoms with Gasteiger partial charge in [0.1, 0.15) is 11.6 Å². The summed E-state index contributed by atoms with van der Waals surface area (Å²) in [4.78, 5) is 35.9. The van der Waals surface area contributed by atoms with Crippen LogP contribution in [0.2, 0.25) is 0 Å². The van der Waals surface area contributed by atoms with Gasteiger partial charge in [-0.1, -0.05) is 11.8 Å². The maximum absolute atomic E-state index is 13.7. The molecule has 7 nitrogen and oxygen atoms in total. The van der Waals surface area contributed by atoms with Crippen molar-refractivity contribution in [1.82, 2.24) is 16.1 Å². The minimum Gasteiger partial charge on any atom is -0.343 e. The molecule has 166 valence electrons. The summed E-state index contributed by atoms with van der Waals surface area (Å²) in [6, 6.07) is 5.72. The van der Waals surface area contributed by atoms with Gasteiger partial charge in [0.25, 0.3) is 18.2 Å². The largest absolute Gasteiger partial charge is 0.343 e. The topological polar surface area (TPSA) is 108 Å². The molecule has 0 saturated heterocycles. The van der Waals surface area contributed by atoms with Gasteiger partial charge >= 0.3 is 0 Å². The average molecular weight is 459 g/mol. The Kier molecular flexibility index (Phi) is 8.47. The van der Waals surface area contributed by atoms with Gasteiger partial charge < -0.3 is 10.6 Å². The van der Waals surface area contributed by atoms with E-state index in [2.05, 4.69) is 29.0 Å². The van der Waals surface area contributed by atoms with Crippen molar-refractivity contribution in [2.45, 2.75) is 31.9 Å². The highest BCUT2D eigenvalue weighted by Crippen LogP contribution is 2.21. The van der Waals surface area contributed by atoms with Crippen molar-refractivity contribution in [2.24, 2.45) is 0 Å². The van der Waals surface area contributed by atoms with Crippen molar-refractivity contribution < 1.29 is 28.4 Å². The van der Waals surface area contributed by atoms with Gasteiger partial charge in [-0.05, 0) is 54.5 Å². The minimum absolute atomic E-state index is 0.0510. The molecule has 1 aromatic heterocycles. The molecule has 0 aliphatic carbocycles. The molecule has 32 heavy (non-hydrogen) atoms. The summed E-state index contributed by atoms with van der Waals surface area (Å²) in [6.07, 6.45) is -3.23. The second-order valence-electron chi connectivity index (χ2n) is 6.74. The highest BCUT2D eigenvalue weighted by atomic mass is 32.1. The van der Waals surface area contributed by atoms with Gasteiger partial charge in [-0.2, -0.15) is 11.3 Å². The molecule has 0 spiro atoms. The number of carbonyl (C=O) groups excluding carboxylic acids is 3. The van der Waals surface area contributed by atoms with Gasteiger partial charge in [0.2, 0.25) is 5.91 Å². The number of amides is 3. The van der Waals surface area contributed by atoms with Crippen LogP contribution in [0.4, 0.5) is 8.78 Å². The first-order valence-corrected chi connectivity index (χ1v) is 10.1. The van der Waals surface area contributed by atoms with Gasteiger partial charge in [-0.15, -0.1) is 0 Å². The van der Waals surface area contributed by atoms with Crippen LogP contribution in [0, 0.1) is 23.7 Å². The Morgan fingerprint density at radius 3 is 2.19 bits per heavy atom. The van der Waals surface area contributed by atoms with Crippen molar-refractivity contribution in [2.75, 3.05) is 0 Å². The second kappa shape index (κ2) is 11.0. The Morgan fingerprint density at radius 2 is 1.69 bits per heavy atom. The lowest BCUT2D eigenvalue weighted by Crippen LogP contribution is -2.68. The average Bonchev–Trinajstić information content (AvgIpc) is 3.27. The summed E-state index contributed by atoms with van der Waals surface area (Å²) in [5.41, 5.74) is 0.226. The van der Waals surface area contributed by atoms with Crippen molar-refractivity contribution in [1.29, 1.82) is 0 Å². The number of hydroxylamine groups is 1. The van der Waals surface area contributed by atoms with Crippen LogP contribution in [0.15, 0.2) is 41.1 Å². The van der Waals surface area contributed by atoms with Crippen LogP contribution in [0.3, 0.4) is 0 Å². The molecule has 0 bridgehead atoms. The van der Waals surface area contributed by atoms with E-state index in [9.17, 15) is 23.2 Å². The zero-order valence-electron chi connectivity index (χ0n) is 17.0. The van der Waals surface area contributed by atoms with E-state index < -0.39 is 35.7 Å². The number of nitrogens with one attached hydrogen (secondary N) is 3. The summed E-state index contributed by atoms with van der Waals surface area (Å²) in [6.45, 7) is 1.87. The van der Waals surface area contributed by atoms with E-state index in [1.54, 1.807) is 0 Å². The SMILES string of the molecule is CC(=O)NC(C)(C(F)F)C(NC(=O)c1ccc(C#CC#Cc2ccsc2)cc1)C(=O)NO. The molecule has 2 rings (SSSR count). The predicted molar refractivity (Wildman–Crippen MR) is 114 cm³/mol. The molecule has 0 aliphatic rings. The van der Waals surface area contributed by atoms with E-state index in [1.807, 2.05) is 22.1 Å². The Labute approximate surface area is 187 Å². The van der Waals surface area contributed by atoms with Crippen molar-refractivity contribution in [3.63, 3.8) is 0 Å². The van der Waals surface area contributed by atoms with E-state index in [4.69, 9.17) is 5.21 Å². The van der Waals surface area contributed by atoms with Gasteiger partial charge in [-0.3, -0.25) is 19.6 Å². The maximum Gasteiger partial charge on any atom is 0.268 e. The highest BCUT2D eigenvalue weighted by Gasteiger charge is 2.48. The van der Waals surface area contributed by atoms with Crippen molar-refractivity contribution >= 4 is 29.1 Å². The number of hydrogen-bond acceptors (Lipinski definition) is 5. The first kappa shape index (κ1) is 24.5. The van der Waals surface area contributed by atoms with Crippen molar-refractivity contribution in [3.05, 3.63) is 57.8 Å². The fourth-order valence-corrected chi connectivity index (χ4v) is 3.23. The molecule has 2 atom stereocenters. The van der Waals surface area contributed by atoms with Gasteiger partial charge in [0, 0.05) is 29.0 Å². The monoisotopic (exact) mass is 459 g/mol. The van der Waals surface area contributed by atoms with Crippen LogP contribution < -0.4 is 16.1 Å². The highest BCUT2D eigenvalue weighted by molar-refractivity contribution is 7.08. The summed E-state index contributed by atoms with van der Waals surface area (Å²) in [5, 5.41) is 16.8. The van der Waals surface area contributed by atoms with E-state index in [-0.39, 0.29) is 5.56 Å². The molecule has 3 amide bonds. The molecule has 1 aromatic carbocycles. The van der Waals surface area contributed by atoms with Gasteiger partial charge in [-0.25, -0.2) is 14.3 Å². The molecule has 2 unspecified atom stereocenters. The third kappa shape index (κ3) is 6.38. The lowest BCUT2D eigenvalue weighted by molar-refractivity contribution is -0.137. The number of benzene rings is 1. The summed E-state index contributed by atoms with van der Waals surface area (Å²) < 4.78 is 27.4. The molecule has 0 radical (unpaired) electrons. The predicted octanol–water partition coefficient (Wildman–Crippen LogP) is 1.91. The fourth-order valence-electron chi connectivity index (χ4n) is 2.65. The van der Waals surface area contributed by atoms with Gasteiger partial charge in [0.15, 0.2) is 0 Å². The van der Waals surface area contributed by atoms with Crippen LogP contribution in [0.25, 0.3) is 0 Å². The van der Waals surface area contributed by atoms with E-state index >= 15 is 0 Å². The molecular formula is C22H19F2N3O4S. The summed E-state index contributed by atoms with van der Waals surface area (Å²) in [7, 11) is 0. The number of alkyl halides is 2. The second-order valence-corrected chi connectivity index (χ2v) is 7.52. The number of halogens is 2. The zero-order valence-corrected chi connectivity index (χ0v) is 17.8. The first-order valence-electron chi connectivity index (χ1n) is 9.13. The summed E-state index contributed by atoms with van der Waals surface area (Å²) >= 11 is 1.52. The molecule has 2 aromatic rings. The lowest BCUT2D eigenvalue weighted by atomic mass is 9.91. The van der Waals surface area contributed by atoms with Crippen LogP contribution >= 0.6 is 11.3 Å². The number of hydrogen-bond donors (Lipinski definition) is 4. The molecule has 0 saturated carbocycles. The molecule has 1 heterocycles. The first-order chi connectivity index (χ1) is 15.2. The van der Waals surface area contributed by atoms with Gasteiger partial charge in [0.05, 0.1) is 0 Å². The molecule has 0 fully saturated rings. The number of carbonyl (C=O) groups is 3. The maximum atomic E-state index is 13.7. The standard InChI is InChI=1S/C22H19F2N3O4S/c1-14(28)26-22(2,21(23)24)18(20(30)27-31)25-19(29)17-9-7-15(8-10-17)5-3-4-6-16-11-12-32-13-16/h7-13,18,21,31H,1-2H3,(H,25,29)(H,26,28)(H,27,30). The third-order valence-electron chi connectivity index (χ3n) is 4.29. The molecule has 10 heteroatoms. The smallest absolute Gasteiger partial charge is 0.268 e. The minimum atomic E-state index is -3.23. The Bertz CT molecular complexity index is 1100. The zero-order chi connectivity index (χ0) is 23.7. The van der Waals surface area contributed by atoms with E-state index in [0.717, 1.165) is 19.4 Å². The Morgan fingerprint density at radius 1 is 1.06 bits per heavy atom. The van der Waals surface area contributed by atoms with Crippen LogP contribution in [-0.4, -0.2) is 40.9 Å². The lowest BCUT2D eigenvalue weighted by Gasteiger charge is -2.36. The molecule has 0 aliphatic heterocycles. The van der Waals surface area contributed by atoms with E-state index in [0.29, 0.717) is 5.56 Å². The molecular weight excluding hydrogens is 440 g/mol. The van der Waals surface area contributed by atoms with Crippen LogP contribution in [-0.2, 0) is 9.59 Å². The number of thiophene rings is 1.